The third kappa shape index (κ3) is 4.09. The topological polar surface area (TPSA) is 133 Å². The standard InChI is InChI=1S/C19H21N5O4/c1-11-6-12(2)24(23-11)14-5-3-4-13(7-14)16(8-18(26)27)21-19(28)15-9-20-22-17(15)10-25/h3-7,9,16,25H,8,10H2,1-2H3,(H,20,22)(H,21,28)(H,26,27). The summed E-state index contributed by atoms with van der Waals surface area (Å²) in [6.45, 7) is 3.45. The first kappa shape index (κ1) is 19.3. The number of aliphatic carboxylic acids is 1. The summed E-state index contributed by atoms with van der Waals surface area (Å²) in [5, 5.41) is 32.0. The van der Waals surface area contributed by atoms with Crippen LogP contribution in [0.2, 0.25) is 0 Å². The smallest absolute Gasteiger partial charge is 0.305 e. The molecule has 3 rings (SSSR count). The molecule has 0 bridgehead atoms. The molecule has 0 radical (unpaired) electrons. The van der Waals surface area contributed by atoms with Gasteiger partial charge in [0.2, 0.25) is 0 Å². The molecule has 1 amide bonds. The maximum Gasteiger partial charge on any atom is 0.305 e. The van der Waals surface area contributed by atoms with Gasteiger partial charge in [0.15, 0.2) is 0 Å². The minimum absolute atomic E-state index is 0.174. The van der Waals surface area contributed by atoms with Crippen molar-refractivity contribution in [2.45, 2.75) is 32.9 Å². The Kier molecular flexibility index (Phi) is 5.55. The van der Waals surface area contributed by atoms with Crippen molar-refractivity contribution < 1.29 is 19.8 Å². The van der Waals surface area contributed by atoms with Crippen molar-refractivity contribution in [2.24, 2.45) is 0 Å². The van der Waals surface area contributed by atoms with E-state index in [0.29, 0.717) is 5.56 Å². The summed E-state index contributed by atoms with van der Waals surface area (Å²) in [4.78, 5) is 23.9. The van der Waals surface area contributed by atoms with Gasteiger partial charge in [0.1, 0.15) is 0 Å². The molecule has 0 aliphatic heterocycles. The van der Waals surface area contributed by atoms with Gasteiger partial charge in [0.25, 0.3) is 5.91 Å². The highest BCUT2D eigenvalue weighted by atomic mass is 16.4. The summed E-state index contributed by atoms with van der Waals surface area (Å²) >= 11 is 0. The molecule has 3 aromatic rings. The number of aliphatic hydroxyl groups excluding tert-OH is 1. The zero-order valence-corrected chi connectivity index (χ0v) is 15.5. The molecule has 28 heavy (non-hydrogen) atoms. The van der Waals surface area contributed by atoms with Crippen LogP contribution in [-0.2, 0) is 11.4 Å². The lowest BCUT2D eigenvalue weighted by Crippen LogP contribution is -2.30. The summed E-state index contributed by atoms with van der Waals surface area (Å²) < 4.78 is 1.76. The second-order valence-electron chi connectivity index (χ2n) is 6.48. The molecule has 0 saturated heterocycles. The van der Waals surface area contributed by atoms with E-state index < -0.39 is 17.9 Å². The van der Waals surface area contributed by atoms with Crippen molar-refractivity contribution in [2.75, 3.05) is 0 Å². The molecule has 1 aromatic carbocycles. The second-order valence-corrected chi connectivity index (χ2v) is 6.48. The molecule has 0 aliphatic carbocycles. The summed E-state index contributed by atoms with van der Waals surface area (Å²) in [5.41, 5.74) is 3.66. The molecular weight excluding hydrogens is 362 g/mol. The Hall–Kier alpha value is -3.46. The van der Waals surface area contributed by atoms with Crippen molar-refractivity contribution in [3.8, 4) is 5.69 Å². The average Bonchev–Trinajstić information content (AvgIpc) is 3.26. The monoisotopic (exact) mass is 383 g/mol. The molecule has 2 aromatic heterocycles. The highest BCUT2D eigenvalue weighted by Gasteiger charge is 2.22. The first-order valence-electron chi connectivity index (χ1n) is 8.68. The number of carbonyl (C=O) groups is 2. The van der Waals surface area contributed by atoms with E-state index in [2.05, 4.69) is 20.6 Å². The number of carboxylic acid groups (broad SMARTS) is 1. The van der Waals surface area contributed by atoms with Crippen LogP contribution in [-0.4, -0.2) is 42.1 Å². The fourth-order valence-corrected chi connectivity index (χ4v) is 3.06. The Labute approximate surface area is 161 Å². The van der Waals surface area contributed by atoms with Gasteiger partial charge in [-0.15, -0.1) is 0 Å². The SMILES string of the molecule is Cc1cc(C)n(-c2cccc(C(CC(=O)O)NC(=O)c3cn[nH]c3CO)c2)n1. The first-order valence-corrected chi connectivity index (χ1v) is 8.68. The van der Waals surface area contributed by atoms with Crippen molar-refractivity contribution in [3.05, 3.63) is 64.7 Å². The van der Waals surface area contributed by atoms with E-state index in [1.165, 1.54) is 6.20 Å². The number of rotatable bonds is 7. The van der Waals surface area contributed by atoms with E-state index in [-0.39, 0.29) is 24.3 Å². The number of H-pyrrole nitrogens is 1. The van der Waals surface area contributed by atoms with Gasteiger partial charge in [0, 0.05) is 5.69 Å². The van der Waals surface area contributed by atoms with Crippen LogP contribution in [0, 0.1) is 13.8 Å². The van der Waals surface area contributed by atoms with Gasteiger partial charge in [-0.2, -0.15) is 10.2 Å². The summed E-state index contributed by atoms with van der Waals surface area (Å²) in [7, 11) is 0. The van der Waals surface area contributed by atoms with Crippen LogP contribution in [0.3, 0.4) is 0 Å². The number of hydrogen-bond donors (Lipinski definition) is 4. The van der Waals surface area contributed by atoms with Gasteiger partial charge in [-0.25, -0.2) is 4.68 Å². The van der Waals surface area contributed by atoms with E-state index in [0.717, 1.165) is 17.1 Å². The molecule has 0 spiro atoms. The summed E-state index contributed by atoms with van der Waals surface area (Å²) in [5.74, 6) is -1.56. The van der Waals surface area contributed by atoms with Crippen LogP contribution in [0.1, 0.15) is 45.5 Å². The molecule has 2 heterocycles. The molecule has 0 fully saturated rings. The molecule has 9 heteroatoms. The maximum atomic E-state index is 12.6. The minimum Gasteiger partial charge on any atom is -0.481 e. The molecule has 1 atom stereocenters. The van der Waals surface area contributed by atoms with Gasteiger partial charge >= 0.3 is 5.97 Å². The Morgan fingerprint density at radius 1 is 1.29 bits per heavy atom. The van der Waals surface area contributed by atoms with Crippen LogP contribution in [0.4, 0.5) is 0 Å². The first-order chi connectivity index (χ1) is 13.4. The number of carbonyl (C=O) groups excluding carboxylic acids is 1. The molecular formula is C19H21N5O4. The fraction of sp³-hybridized carbons (Fsp3) is 0.263. The van der Waals surface area contributed by atoms with Crippen molar-refractivity contribution in [3.63, 3.8) is 0 Å². The van der Waals surface area contributed by atoms with Crippen molar-refractivity contribution in [1.29, 1.82) is 0 Å². The van der Waals surface area contributed by atoms with Crippen LogP contribution in [0.25, 0.3) is 5.69 Å². The Morgan fingerprint density at radius 2 is 2.07 bits per heavy atom. The molecule has 4 N–H and O–H groups in total. The number of aryl methyl sites for hydroxylation is 2. The molecule has 0 saturated carbocycles. The lowest BCUT2D eigenvalue weighted by Gasteiger charge is -2.18. The third-order valence-corrected chi connectivity index (χ3v) is 4.33. The normalized spacial score (nSPS) is 12.0. The number of amides is 1. The highest BCUT2D eigenvalue weighted by molar-refractivity contribution is 5.95. The van der Waals surface area contributed by atoms with Crippen LogP contribution in [0.15, 0.2) is 36.5 Å². The van der Waals surface area contributed by atoms with Gasteiger partial charge in [-0.3, -0.25) is 14.7 Å². The van der Waals surface area contributed by atoms with E-state index in [1.54, 1.807) is 22.9 Å². The van der Waals surface area contributed by atoms with E-state index in [9.17, 15) is 19.8 Å². The van der Waals surface area contributed by atoms with Gasteiger partial charge in [-0.05, 0) is 37.6 Å². The predicted molar refractivity (Wildman–Crippen MR) is 100 cm³/mol. The number of benzene rings is 1. The van der Waals surface area contributed by atoms with Gasteiger partial charge in [0.05, 0.1) is 47.9 Å². The predicted octanol–water partition coefficient (Wildman–Crippen LogP) is 1.65. The highest BCUT2D eigenvalue weighted by Crippen LogP contribution is 2.22. The fourth-order valence-electron chi connectivity index (χ4n) is 3.06. The Bertz CT molecular complexity index is 1010. The lowest BCUT2D eigenvalue weighted by atomic mass is 10.0. The van der Waals surface area contributed by atoms with Crippen molar-refractivity contribution >= 4 is 11.9 Å². The summed E-state index contributed by atoms with van der Waals surface area (Å²) in [6.07, 6.45) is 1.00. The van der Waals surface area contributed by atoms with Gasteiger partial charge in [-0.1, -0.05) is 12.1 Å². The van der Waals surface area contributed by atoms with Crippen LogP contribution < -0.4 is 5.32 Å². The van der Waals surface area contributed by atoms with Gasteiger partial charge < -0.3 is 15.5 Å². The minimum atomic E-state index is -1.05. The number of aromatic amines is 1. The molecule has 146 valence electrons. The Morgan fingerprint density at radius 3 is 2.71 bits per heavy atom. The average molecular weight is 383 g/mol. The summed E-state index contributed by atoms with van der Waals surface area (Å²) in [6, 6.07) is 8.39. The molecule has 0 aliphatic rings. The maximum absolute atomic E-state index is 12.6. The molecule has 9 nitrogen and oxygen atoms in total. The molecule has 1 unspecified atom stereocenters. The quantitative estimate of drug-likeness (QED) is 0.490. The zero-order valence-electron chi connectivity index (χ0n) is 15.5. The van der Waals surface area contributed by atoms with Crippen LogP contribution in [0.5, 0.6) is 0 Å². The number of carboxylic acids is 1. The van der Waals surface area contributed by atoms with E-state index in [4.69, 9.17) is 0 Å². The van der Waals surface area contributed by atoms with E-state index in [1.807, 2.05) is 26.0 Å². The largest absolute Gasteiger partial charge is 0.481 e. The third-order valence-electron chi connectivity index (χ3n) is 4.33. The second kappa shape index (κ2) is 8.05. The number of hydrogen-bond acceptors (Lipinski definition) is 5. The van der Waals surface area contributed by atoms with Crippen molar-refractivity contribution in [1.82, 2.24) is 25.3 Å². The zero-order chi connectivity index (χ0) is 20.3. The van der Waals surface area contributed by atoms with E-state index >= 15 is 0 Å². The Balaban J connectivity index is 1.92. The number of aliphatic hydroxyl groups is 1. The number of nitrogens with one attached hydrogen (secondary N) is 2. The number of aromatic nitrogens is 4. The van der Waals surface area contributed by atoms with Crippen LogP contribution >= 0.6 is 0 Å². The lowest BCUT2D eigenvalue weighted by molar-refractivity contribution is -0.137. The number of nitrogens with zero attached hydrogens (tertiary/aromatic N) is 3.